The van der Waals surface area contributed by atoms with Crippen LogP contribution in [0.15, 0.2) is 0 Å². The van der Waals surface area contributed by atoms with Crippen molar-refractivity contribution >= 4 is 35.5 Å². The van der Waals surface area contributed by atoms with Crippen LogP contribution in [0.4, 0.5) is 0 Å². The van der Waals surface area contributed by atoms with Crippen molar-refractivity contribution in [2.24, 2.45) is 0 Å². The summed E-state index contributed by atoms with van der Waals surface area (Å²) in [5.74, 6) is 0. The van der Waals surface area contributed by atoms with Gasteiger partial charge in [-0.25, -0.2) is 0 Å². The molecule has 0 aromatic heterocycles. The van der Waals surface area contributed by atoms with Gasteiger partial charge in [0.1, 0.15) is 0 Å². The van der Waals surface area contributed by atoms with Gasteiger partial charge < -0.3 is 0 Å². The van der Waals surface area contributed by atoms with Crippen LogP contribution >= 0.6 is 35.5 Å². The average Bonchev–Trinajstić information content (AvgIpc) is 1.61. The van der Waals surface area contributed by atoms with E-state index in [0.717, 1.165) is 11.0 Å². The van der Waals surface area contributed by atoms with Crippen LogP contribution in [-0.2, 0) is 0 Å². The van der Waals surface area contributed by atoms with Gasteiger partial charge in [0.15, 0.2) is 0 Å². The third kappa shape index (κ3) is 4.93. The number of nitrogens with one attached hydrogen (secondary N) is 3. The second kappa shape index (κ2) is 5.93. The summed E-state index contributed by atoms with van der Waals surface area (Å²) < 4.78 is 0. The highest BCUT2D eigenvalue weighted by Crippen LogP contribution is 1.91. The number of hydrogen-bond donors (Lipinski definition) is 5. The third-order valence-corrected chi connectivity index (χ3v) is 0.732. The zero-order valence-corrected chi connectivity index (χ0v) is 5.41. The summed E-state index contributed by atoms with van der Waals surface area (Å²) >= 11 is 7.31. The standard InChI is InChI=1S/H5N3S3/c4-2-1-3-6-5/h1-5H. The van der Waals surface area contributed by atoms with Crippen molar-refractivity contribution in [3.63, 3.8) is 0 Å². The van der Waals surface area contributed by atoms with E-state index < -0.39 is 0 Å². The first-order chi connectivity index (χ1) is 2.91. The molecule has 0 heterocycles. The van der Waals surface area contributed by atoms with E-state index in [2.05, 4.69) is 39.7 Å². The molecule has 3 nitrogen and oxygen atoms in total. The lowest BCUT2D eigenvalue weighted by atomic mass is 12.6. The monoisotopic (exact) mass is 143 g/mol. The molecule has 0 aliphatic heterocycles. The lowest BCUT2D eigenvalue weighted by Gasteiger charge is -1.94. The minimum absolute atomic E-state index is 1.15. The van der Waals surface area contributed by atoms with Crippen molar-refractivity contribution in [1.29, 1.82) is 0 Å². The molecule has 0 fully saturated rings. The Labute approximate surface area is 51.1 Å². The van der Waals surface area contributed by atoms with Crippen LogP contribution < -0.4 is 15.2 Å². The smallest absolute Gasteiger partial charge is 0.00147 e. The Bertz CT molecular complexity index is 18.0. The second-order valence-corrected chi connectivity index (χ2v) is 1.59. The summed E-state index contributed by atoms with van der Waals surface area (Å²) in [7, 11) is 1.15. The van der Waals surface area contributed by atoms with Gasteiger partial charge in [0.2, 0.25) is 0 Å². The second-order valence-electron chi connectivity index (χ2n) is 0.430. The Hall–Kier alpha value is 0.930. The van der Waals surface area contributed by atoms with Gasteiger partial charge in [-0.2, -0.15) is 15.2 Å². The molecule has 0 radical (unpaired) electrons. The van der Waals surface area contributed by atoms with Gasteiger partial charge in [-0.3, -0.25) is 0 Å². The van der Waals surface area contributed by atoms with Gasteiger partial charge in [0, 0.05) is 11.0 Å². The number of rotatable bonds is 3. The van der Waals surface area contributed by atoms with E-state index in [1.165, 1.54) is 0 Å². The van der Waals surface area contributed by atoms with Crippen molar-refractivity contribution in [1.82, 2.24) is 15.2 Å². The average molecular weight is 143 g/mol. The van der Waals surface area contributed by atoms with E-state index >= 15 is 0 Å². The molecule has 0 aromatic rings. The quantitative estimate of drug-likeness (QED) is 0.126. The highest BCUT2D eigenvalue weighted by Gasteiger charge is 1.67. The van der Waals surface area contributed by atoms with E-state index in [1.807, 2.05) is 0 Å². The molecule has 0 aromatic carbocycles. The summed E-state index contributed by atoms with van der Waals surface area (Å²) in [6.45, 7) is 0. The van der Waals surface area contributed by atoms with Crippen LogP contribution in [0.1, 0.15) is 0 Å². The van der Waals surface area contributed by atoms with Crippen molar-refractivity contribution in [2.75, 3.05) is 0 Å². The Balaban J connectivity index is 2.34. The summed E-state index contributed by atoms with van der Waals surface area (Å²) in [6, 6.07) is 0. The molecular weight excluding hydrogens is 138 g/mol. The minimum atomic E-state index is 1.15. The molecular formula is H5N3S3. The first kappa shape index (κ1) is 6.93. The fraction of sp³-hybridized carbons (Fsp3) is 0. The first-order valence-electron chi connectivity index (χ1n) is 1.11. The van der Waals surface area contributed by atoms with Gasteiger partial charge in [-0.05, 0) is 0 Å². The van der Waals surface area contributed by atoms with Crippen molar-refractivity contribution in [2.45, 2.75) is 0 Å². The number of thiol groups is 2. The van der Waals surface area contributed by atoms with Crippen molar-refractivity contribution < 1.29 is 0 Å². The molecule has 3 N–H and O–H groups in total. The summed E-state index contributed by atoms with van der Waals surface area (Å²) in [4.78, 5) is 4.87. The van der Waals surface area contributed by atoms with Gasteiger partial charge >= 0.3 is 0 Å². The van der Waals surface area contributed by atoms with E-state index in [1.54, 1.807) is 0 Å². The summed E-state index contributed by atoms with van der Waals surface area (Å²) in [5.41, 5.74) is 2.45. The van der Waals surface area contributed by atoms with Crippen molar-refractivity contribution in [3.05, 3.63) is 0 Å². The fourth-order valence-corrected chi connectivity index (χ4v) is 0.411. The third-order valence-electron chi connectivity index (χ3n) is 0.153. The van der Waals surface area contributed by atoms with Gasteiger partial charge in [-0.15, -0.1) is 0 Å². The van der Waals surface area contributed by atoms with E-state index in [0.29, 0.717) is 0 Å². The molecule has 0 aliphatic carbocycles. The normalized spacial score (nSPS) is 9.00. The molecule has 0 rings (SSSR count). The SMILES string of the molecule is SNNNSS. The Morgan fingerprint density at radius 3 is 2.33 bits per heavy atom. The van der Waals surface area contributed by atoms with Crippen LogP contribution in [-0.4, -0.2) is 0 Å². The topological polar surface area (TPSA) is 36.1 Å². The van der Waals surface area contributed by atoms with Crippen LogP contribution in [0.25, 0.3) is 0 Å². The maximum absolute atomic E-state index is 3.72. The molecule has 0 spiro atoms. The molecule has 6 heteroatoms. The minimum Gasteiger partial charge on any atom is -0.190 e. The Morgan fingerprint density at radius 1 is 1.50 bits per heavy atom. The first-order valence-corrected chi connectivity index (χ1v) is 3.43. The zero-order valence-electron chi connectivity index (χ0n) is 2.80. The highest BCUT2D eigenvalue weighted by atomic mass is 33.1. The van der Waals surface area contributed by atoms with Crippen LogP contribution in [0, 0.1) is 0 Å². The molecule has 0 unspecified atom stereocenters. The summed E-state index contributed by atoms with van der Waals surface area (Å²) in [5, 5.41) is 0. The Morgan fingerprint density at radius 2 is 2.17 bits per heavy atom. The fourth-order valence-electron chi connectivity index (χ4n) is 0.0456. The molecule has 0 atom stereocenters. The Kier molecular flexibility index (Phi) is 6.85. The van der Waals surface area contributed by atoms with Crippen LogP contribution in [0.3, 0.4) is 0 Å². The lowest BCUT2D eigenvalue weighted by Crippen LogP contribution is -2.31. The number of hydrazine groups is 2. The molecule has 38 valence electrons. The van der Waals surface area contributed by atoms with Gasteiger partial charge in [-0.1, -0.05) is 24.5 Å². The van der Waals surface area contributed by atoms with Gasteiger partial charge in [0.05, 0.1) is 0 Å². The highest BCUT2D eigenvalue weighted by molar-refractivity contribution is 8.67. The van der Waals surface area contributed by atoms with Crippen LogP contribution in [0.5, 0.6) is 0 Å². The zero-order chi connectivity index (χ0) is 4.83. The lowest BCUT2D eigenvalue weighted by molar-refractivity contribution is 0.684. The molecule has 0 saturated carbocycles. The maximum Gasteiger partial charge on any atom is 0.00147 e. The maximum atomic E-state index is 3.72. The predicted octanol–water partition coefficient (Wildman–Crippen LogP) is -0.0770. The van der Waals surface area contributed by atoms with Crippen molar-refractivity contribution in [3.8, 4) is 0 Å². The molecule has 0 bridgehead atoms. The molecule has 0 aliphatic rings. The van der Waals surface area contributed by atoms with E-state index in [-0.39, 0.29) is 0 Å². The number of hydrogen-bond acceptors (Lipinski definition) is 6. The van der Waals surface area contributed by atoms with E-state index in [9.17, 15) is 0 Å². The van der Waals surface area contributed by atoms with E-state index in [4.69, 9.17) is 0 Å². The predicted molar refractivity (Wildman–Crippen MR) is 35.0 cm³/mol. The summed E-state index contributed by atoms with van der Waals surface area (Å²) in [6.07, 6.45) is 0. The molecule has 0 saturated heterocycles. The van der Waals surface area contributed by atoms with Crippen LogP contribution in [0.2, 0.25) is 0 Å². The molecule has 0 amide bonds. The molecule has 6 heavy (non-hydrogen) atoms. The largest absolute Gasteiger partial charge is 0.190 e. The van der Waals surface area contributed by atoms with Gasteiger partial charge in [0.25, 0.3) is 0 Å².